The van der Waals surface area contributed by atoms with Crippen LogP contribution in [0.5, 0.6) is 0 Å². The van der Waals surface area contributed by atoms with Crippen molar-refractivity contribution in [1.82, 2.24) is 0 Å². The van der Waals surface area contributed by atoms with Gasteiger partial charge in [-0.2, -0.15) is 0 Å². The molecule has 0 aromatic carbocycles. The van der Waals surface area contributed by atoms with E-state index in [-0.39, 0.29) is 31.1 Å². The molecule has 0 saturated heterocycles. The third-order valence-corrected chi connectivity index (χ3v) is 13.3. The molecule has 0 aliphatic heterocycles. The molecule has 0 heterocycles. The predicted octanol–water partition coefficient (Wildman–Crippen LogP) is 18.5. The molecule has 0 saturated carbocycles. The number of hydrogen-bond acceptors (Lipinski definition) is 6. The van der Waals surface area contributed by atoms with E-state index < -0.39 is 6.10 Å². The van der Waals surface area contributed by atoms with Gasteiger partial charge in [0.05, 0.1) is 0 Å². The Bertz CT molecular complexity index is 964. The summed E-state index contributed by atoms with van der Waals surface area (Å²) in [6.45, 7) is 11.4. The van der Waals surface area contributed by atoms with Crippen molar-refractivity contribution in [3.63, 3.8) is 0 Å². The van der Waals surface area contributed by atoms with Crippen LogP contribution in [0.2, 0.25) is 0 Å². The quantitative estimate of drug-likeness (QED) is 0.0344. The molecule has 2 atom stereocenters. The number of hydrogen-bond donors (Lipinski definition) is 0. The summed E-state index contributed by atoms with van der Waals surface area (Å²) in [5.41, 5.74) is 0. The van der Waals surface area contributed by atoms with Crippen molar-refractivity contribution >= 4 is 17.9 Å². The van der Waals surface area contributed by atoms with Crippen molar-refractivity contribution in [3.8, 4) is 0 Å². The molecule has 63 heavy (non-hydrogen) atoms. The molecular weight excluding hydrogens is 781 g/mol. The van der Waals surface area contributed by atoms with E-state index in [4.69, 9.17) is 14.2 Å². The summed E-state index contributed by atoms with van der Waals surface area (Å²) in [6.07, 6.45) is 52.2. The Morgan fingerprint density at radius 2 is 0.603 bits per heavy atom. The lowest BCUT2D eigenvalue weighted by Crippen LogP contribution is -2.30. The van der Waals surface area contributed by atoms with Crippen LogP contribution in [-0.4, -0.2) is 37.2 Å². The van der Waals surface area contributed by atoms with E-state index in [0.29, 0.717) is 19.3 Å². The van der Waals surface area contributed by atoms with Gasteiger partial charge in [-0.3, -0.25) is 14.4 Å². The molecule has 0 spiro atoms. The van der Waals surface area contributed by atoms with E-state index in [2.05, 4.69) is 34.6 Å². The summed E-state index contributed by atoms with van der Waals surface area (Å²) < 4.78 is 16.9. The van der Waals surface area contributed by atoms with E-state index in [9.17, 15) is 14.4 Å². The standard InChI is InChI=1S/C57H110O6/c1-6-8-9-10-11-12-13-14-18-22-29-34-39-44-49-57(60)63-54(51-62-56(59)48-43-38-33-28-24-23-26-31-36-41-46-53(5)7-2)50-61-55(58)47-42-37-32-27-21-19-16-15-17-20-25-30-35-40-45-52(3)4/h52-54H,6-51H2,1-5H3/t53?,54-/m1/s1. The molecule has 0 radical (unpaired) electrons. The van der Waals surface area contributed by atoms with Crippen LogP contribution in [0.4, 0.5) is 0 Å². The average Bonchev–Trinajstić information content (AvgIpc) is 3.27. The molecule has 0 aromatic rings. The van der Waals surface area contributed by atoms with Crippen molar-refractivity contribution in [2.75, 3.05) is 13.2 Å². The topological polar surface area (TPSA) is 78.9 Å². The summed E-state index contributed by atoms with van der Waals surface area (Å²) >= 11 is 0. The summed E-state index contributed by atoms with van der Waals surface area (Å²) in [7, 11) is 0. The Balaban J connectivity index is 4.30. The van der Waals surface area contributed by atoms with Crippen LogP contribution in [-0.2, 0) is 28.6 Å². The molecule has 6 heteroatoms. The lowest BCUT2D eigenvalue weighted by atomic mass is 9.99. The highest BCUT2D eigenvalue weighted by molar-refractivity contribution is 5.71. The van der Waals surface area contributed by atoms with Crippen LogP contribution in [0.25, 0.3) is 0 Å². The first-order valence-electron chi connectivity index (χ1n) is 28.3. The molecule has 0 aliphatic rings. The number of ether oxygens (including phenoxy) is 3. The monoisotopic (exact) mass is 891 g/mol. The van der Waals surface area contributed by atoms with Crippen molar-refractivity contribution in [2.24, 2.45) is 11.8 Å². The van der Waals surface area contributed by atoms with E-state index in [1.54, 1.807) is 0 Å². The number of rotatable bonds is 51. The maximum atomic E-state index is 12.8. The normalized spacial score (nSPS) is 12.5. The minimum Gasteiger partial charge on any atom is -0.462 e. The second-order valence-corrected chi connectivity index (χ2v) is 20.3. The molecule has 374 valence electrons. The Morgan fingerprint density at radius 3 is 0.905 bits per heavy atom. The van der Waals surface area contributed by atoms with Crippen LogP contribution >= 0.6 is 0 Å². The van der Waals surface area contributed by atoms with E-state index in [0.717, 1.165) is 69.6 Å². The minimum absolute atomic E-state index is 0.0629. The van der Waals surface area contributed by atoms with Gasteiger partial charge >= 0.3 is 17.9 Å². The fourth-order valence-corrected chi connectivity index (χ4v) is 8.66. The largest absolute Gasteiger partial charge is 0.462 e. The molecule has 0 aliphatic carbocycles. The third-order valence-electron chi connectivity index (χ3n) is 13.3. The third kappa shape index (κ3) is 49.7. The Hall–Kier alpha value is -1.59. The van der Waals surface area contributed by atoms with Crippen molar-refractivity contribution < 1.29 is 28.6 Å². The van der Waals surface area contributed by atoms with Gasteiger partial charge in [0, 0.05) is 19.3 Å². The second kappa shape index (κ2) is 49.8. The number of unbranched alkanes of at least 4 members (excludes halogenated alkanes) is 35. The van der Waals surface area contributed by atoms with E-state index in [1.165, 1.54) is 205 Å². The molecule has 0 rings (SSSR count). The molecular formula is C57H110O6. The fourth-order valence-electron chi connectivity index (χ4n) is 8.66. The molecule has 0 amide bonds. The Labute approximate surface area is 393 Å². The first-order chi connectivity index (χ1) is 30.8. The second-order valence-electron chi connectivity index (χ2n) is 20.3. The van der Waals surface area contributed by atoms with Gasteiger partial charge in [-0.05, 0) is 31.1 Å². The van der Waals surface area contributed by atoms with Gasteiger partial charge in [0.2, 0.25) is 0 Å². The van der Waals surface area contributed by atoms with Gasteiger partial charge in [-0.15, -0.1) is 0 Å². The van der Waals surface area contributed by atoms with Crippen LogP contribution in [0.15, 0.2) is 0 Å². The highest BCUT2D eigenvalue weighted by Gasteiger charge is 2.19. The predicted molar refractivity (Wildman–Crippen MR) is 270 cm³/mol. The van der Waals surface area contributed by atoms with Crippen molar-refractivity contribution in [3.05, 3.63) is 0 Å². The maximum Gasteiger partial charge on any atom is 0.306 e. The molecule has 0 N–H and O–H groups in total. The van der Waals surface area contributed by atoms with E-state index in [1.807, 2.05) is 0 Å². The Kier molecular flexibility index (Phi) is 48.6. The van der Waals surface area contributed by atoms with Crippen molar-refractivity contribution in [1.29, 1.82) is 0 Å². The molecule has 0 aromatic heterocycles. The zero-order valence-corrected chi connectivity index (χ0v) is 43.2. The highest BCUT2D eigenvalue weighted by Crippen LogP contribution is 2.18. The summed E-state index contributed by atoms with van der Waals surface area (Å²) in [5, 5.41) is 0. The van der Waals surface area contributed by atoms with Gasteiger partial charge in [-0.1, -0.05) is 279 Å². The number of carbonyl (C=O) groups excluding carboxylic acids is 3. The summed E-state index contributed by atoms with van der Waals surface area (Å²) in [5.74, 6) is 0.873. The SMILES string of the molecule is CCCCCCCCCCCCCCCCC(=O)O[C@H](COC(=O)CCCCCCCCCCCCCCCCC(C)C)COC(=O)CCCCCCCCCCCCC(C)CC. The van der Waals surface area contributed by atoms with Crippen LogP contribution in [0, 0.1) is 11.8 Å². The first kappa shape index (κ1) is 61.4. The summed E-state index contributed by atoms with van der Waals surface area (Å²) in [4.78, 5) is 38.1. The first-order valence-corrected chi connectivity index (χ1v) is 28.3. The lowest BCUT2D eigenvalue weighted by molar-refractivity contribution is -0.167. The molecule has 0 bridgehead atoms. The van der Waals surface area contributed by atoms with E-state index >= 15 is 0 Å². The van der Waals surface area contributed by atoms with Crippen LogP contribution in [0.3, 0.4) is 0 Å². The highest BCUT2D eigenvalue weighted by atomic mass is 16.6. The number of carbonyl (C=O) groups is 3. The lowest BCUT2D eigenvalue weighted by Gasteiger charge is -2.18. The van der Waals surface area contributed by atoms with Gasteiger partial charge < -0.3 is 14.2 Å². The van der Waals surface area contributed by atoms with Crippen LogP contribution in [0.1, 0.15) is 317 Å². The molecule has 6 nitrogen and oxygen atoms in total. The average molecular weight is 892 g/mol. The van der Waals surface area contributed by atoms with Crippen molar-refractivity contribution in [2.45, 2.75) is 323 Å². The Morgan fingerprint density at radius 1 is 0.333 bits per heavy atom. The zero-order chi connectivity index (χ0) is 46.1. The number of esters is 3. The molecule has 0 fully saturated rings. The maximum absolute atomic E-state index is 12.8. The van der Waals surface area contributed by atoms with Gasteiger partial charge in [0.15, 0.2) is 6.10 Å². The van der Waals surface area contributed by atoms with Crippen LogP contribution < -0.4 is 0 Å². The minimum atomic E-state index is -0.762. The van der Waals surface area contributed by atoms with Gasteiger partial charge in [-0.25, -0.2) is 0 Å². The molecule has 1 unspecified atom stereocenters. The zero-order valence-electron chi connectivity index (χ0n) is 43.2. The van der Waals surface area contributed by atoms with Gasteiger partial charge in [0.1, 0.15) is 13.2 Å². The smallest absolute Gasteiger partial charge is 0.306 e. The van der Waals surface area contributed by atoms with Gasteiger partial charge in [0.25, 0.3) is 0 Å². The fraction of sp³-hybridized carbons (Fsp3) is 0.947. The summed E-state index contributed by atoms with van der Waals surface area (Å²) in [6, 6.07) is 0.